The van der Waals surface area contributed by atoms with Crippen LogP contribution >= 0.6 is 0 Å². The van der Waals surface area contributed by atoms with Crippen molar-refractivity contribution in [3.8, 4) is 0 Å². The Labute approximate surface area is 77.4 Å². The van der Waals surface area contributed by atoms with Gasteiger partial charge in [0.15, 0.2) is 0 Å². The Hall–Kier alpha value is 0.690. The molecule has 1 heterocycles. The standard InChI is InChI=1S/C4H7NO2.Ca.2H/c1-2-3(5-2)4(6)7;;;/h2-3,5H,1H3,(H,6,7);;;. The van der Waals surface area contributed by atoms with Crippen molar-refractivity contribution >= 4 is 43.7 Å². The third-order valence-corrected chi connectivity index (χ3v) is 1.10. The predicted molar refractivity (Wildman–Crippen MR) is 32.6 cm³/mol. The Kier molecular flexibility index (Phi) is 3.27. The first-order valence-electron chi connectivity index (χ1n) is 2.20. The molecule has 2 atom stereocenters. The number of hydrogen-bond donors (Lipinski definition) is 2. The van der Waals surface area contributed by atoms with Gasteiger partial charge in [-0.1, -0.05) is 0 Å². The summed E-state index contributed by atoms with van der Waals surface area (Å²) in [5.74, 6) is -0.743. The first-order chi connectivity index (χ1) is 3.22. The maximum absolute atomic E-state index is 9.91. The fourth-order valence-corrected chi connectivity index (χ4v) is 0.513. The molecular formula is C4H9CaNO2. The SMILES string of the molecule is CC1NC1C(=O)O.[CaH2]. The molecule has 0 aromatic carbocycles. The van der Waals surface area contributed by atoms with E-state index >= 15 is 0 Å². The van der Waals surface area contributed by atoms with Gasteiger partial charge in [-0.05, 0) is 6.92 Å². The van der Waals surface area contributed by atoms with Crippen molar-refractivity contribution in [1.82, 2.24) is 5.32 Å². The molecule has 3 nitrogen and oxygen atoms in total. The molecule has 1 aliphatic rings. The van der Waals surface area contributed by atoms with Crippen LogP contribution in [0.15, 0.2) is 0 Å². The Morgan fingerprint density at radius 3 is 2.12 bits per heavy atom. The zero-order valence-electron chi connectivity index (χ0n) is 4.01. The first kappa shape index (κ1) is 8.69. The second-order valence-electron chi connectivity index (χ2n) is 1.77. The molecule has 44 valence electrons. The number of carboxylic acids is 1. The second-order valence-corrected chi connectivity index (χ2v) is 1.77. The summed E-state index contributed by atoms with van der Waals surface area (Å²) in [6.07, 6.45) is 0. The average molecular weight is 143 g/mol. The van der Waals surface area contributed by atoms with Crippen molar-refractivity contribution in [2.75, 3.05) is 0 Å². The summed E-state index contributed by atoms with van der Waals surface area (Å²) >= 11 is 0. The Balaban J connectivity index is 0.000000490. The minimum absolute atomic E-state index is 0. The van der Waals surface area contributed by atoms with E-state index in [1.807, 2.05) is 6.92 Å². The van der Waals surface area contributed by atoms with E-state index in [-0.39, 0.29) is 49.8 Å². The van der Waals surface area contributed by atoms with Gasteiger partial charge in [0.1, 0.15) is 6.04 Å². The van der Waals surface area contributed by atoms with Crippen molar-refractivity contribution in [2.45, 2.75) is 19.0 Å². The number of nitrogens with one attached hydrogen (secondary N) is 1. The summed E-state index contributed by atoms with van der Waals surface area (Å²) in [6, 6.07) is -0.0718. The van der Waals surface area contributed by atoms with Crippen LogP contribution in [0.1, 0.15) is 6.92 Å². The third-order valence-electron chi connectivity index (χ3n) is 1.10. The van der Waals surface area contributed by atoms with Crippen LogP contribution in [0.3, 0.4) is 0 Å². The van der Waals surface area contributed by atoms with Gasteiger partial charge >= 0.3 is 43.7 Å². The summed E-state index contributed by atoms with van der Waals surface area (Å²) in [6.45, 7) is 1.85. The van der Waals surface area contributed by atoms with Crippen molar-refractivity contribution in [3.63, 3.8) is 0 Å². The number of rotatable bonds is 1. The Morgan fingerprint density at radius 2 is 2.12 bits per heavy atom. The molecule has 0 aliphatic carbocycles. The molecule has 2 unspecified atom stereocenters. The minimum atomic E-state index is -0.743. The molecule has 4 heteroatoms. The maximum atomic E-state index is 9.91. The van der Waals surface area contributed by atoms with E-state index in [2.05, 4.69) is 5.32 Å². The molecule has 0 saturated carbocycles. The van der Waals surface area contributed by atoms with Gasteiger partial charge in [0, 0.05) is 6.04 Å². The van der Waals surface area contributed by atoms with Crippen LogP contribution < -0.4 is 5.32 Å². The molecule has 1 aliphatic heterocycles. The van der Waals surface area contributed by atoms with Crippen molar-refractivity contribution in [2.24, 2.45) is 0 Å². The summed E-state index contributed by atoms with van der Waals surface area (Å²) in [7, 11) is 0. The van der Waals surface area contributed by atoms with E-state index in [1.165, 1.54) is 0 Å². The quantitative estimate of drug-likeness (QED) is 0.347. The van der Waals surface area contributed by atoms with Gasteiger partial charge in [-0.2, -0.15) is 0 Å². The van der Waals surface area contributed by atoms with Gasteiger partial charge in [0.2, 0.25) is 0 Å². The van der Waals surface area contributed by atoms with E-state index in [0.717, 1.165) is 0 Å². The normalized spacial score (nSPS) is 33.1. The van der Waals surface area contributed by atoms with Crippen molar-refractivity contribution in [3.05, 3.63) is 0 Å². The summed E-state index contributed by atoms with van der Waals surface area (Å²) < 4.78 is 0. The Bertz CT molecular complexity index is 106. The topological polar surface area (TPSA) is 59.2 Å². The molecular weight excluding hydrogens is 134 g/mol. The number of aliphatic carboxylic acids is 1. The fourth-order valence-electron chi connectivity index (χ4n) is 0.513. The molecule has 0 aromatic rings. The van der Waals surface area contributed by atoms with Gasteiger partial charge in [-0.3, -0.25) is 10.1 Å². The Morgan fingerprint density at radius 1 is 1.75 bits per heavy atom. The van der Waals surface area contributed by atoms with Gasteiger partial charge in [0.05, 0.1) is 0 Å². The summed E-state index contributed by atoms with van der Waals surface area (Å²) in [5, 5.41) is 10.9. The van der Waals surface area contributed by atoms with Gasteiger partial charge < -0.3 is 5.11 Å². The van der Waals surface area contributed by atoms with Crippen LogP contribution in [-0.2, 0) is 4.79 Å². The number of hydrogen-bond acceptors (Lipinski definition) is 2. The molecule has 0 bridgehead atoms. The fraction of sp³-hybridized carbons (Fsp3) is 0.750. The van der Waals surface area contributed by atoms with E-state index in [9.17, 15) is 4.79 Å². The molecule has 1 fully saturated rings. The van der Waals surface area contributed by atoms with Crippen LogP contribution in [0.2, 0.25) is 0 Å². The van der Waals surface area contributed by atoms with Crippen LogP contribution in [-0.4, -0.2) is 60.9 Å². The third kappa shape index (κ3) is 1.90. The van der Waals surface area contributed by atoms with E-state index in [0.29, 0.717) is 0 Å². The number of carbonyl (C=O) groups is 1. The average Bonchev–Trinajstić information content (AvgIpc) is 2.17. The van der Waals surface area contributed by atoms with Crippen molar-refractivity contribution in [1.29, 1.82) is 0 Å². The van der Waals surface area contributed by atoms with Gasteiger partial charge in [-0.25, -0.2) is 0 Å². The summed E-state index contributed by atoms with van der Waals surface area (Å²) in [4.78, 5) is 9.91. The van der Waals surface area contributed by atoms with Gasteiger partial charge in [0.25, 0.3) is 0 Å². The zero-order valence-corrected chi connectivity index (χ0v) is 4.01. The molecule has 1 rings (SSSR count). The van der Waals surface area contributed by atoms with Gasteiger partial charge in [-0.15, -0.1) is 0 Å². The van der Waals surface area contributed by atoms with E-state index in [1.54, 1.807) is 0 Å². The first-order valence-corrected chi connectivity index (χ1v) is 2.20. The van der Waals surface area contributed by atoms with Crippen LogP contribution in [0.4, 0.5) is 0 Å². The molecule has 1 saturated heterocycles. The molecule has 0 aromatic heterocycles. The number of carboxylic acid groups (broad SMARTS) is 1. The molecule has 0 spiro atoms. The molecule has 0 radical (unpaired) electrons. The molecule has 2 N–H and O–H groups in total. The van der Waals surface area contributed by atoms with E-state index < -0.39 is 5.97 Å². The monoisotopic (exact) mass is 143 g/mol. The second kappa shape index (κ2) is 3.01. The molecule has 0 amide bonds. The molecule has 8 heavy (non-hydrogen) atoms. The van der Waals surface area contributed by atoms with E-state index in [4.69, 9.17) is 5.11 Å². The van der Waals surface area contributed by atoms with Crippen LogP contribution in [0.5, 0.6) is 0 Å². The zero-order chi connectivity index (χ0) is 5.44. The summed E-state index contributed by atoms with van der Waals surface area (Å²) in [5.41, 5.74) is 0. The van der Waals surface area contributed by atoms with Crippen LogP contribution in [0.25, 0.3) is 0 Å². The van der Waals surface area contributed by atoms with Crippen molar-refractivity contribution < 1.29 is 9.90 Å². The predicted octanol–water partition coefficient (Wildman–Crippen LogP) is -1.48. The van der Waals surface area contributed by atoms with Crippen LogP contribution in [0, 0.1) is 0 Å².